The fourth-order valence-electron chi connectivity index (χ4n) is 2.38. The zero-order chi connectivity index (χ0) is 18.7. The second kappa shape index (κ2) is 9.01. The SMILES string of the molecule is COc1ccc(C(=O)NC(C)(C)CN)cc1S(=O)(=O)N1CCOCC1.Cl. The number of amides is 1. The van der Waals surface area contributed by atoms with Crippen LogP contribution in [0, 0.1) is 0 Å². The number of carbonyl (C=O) groups excluding carboxylic acids is 1. The zero-order valence-electron chi connectivity index (χ0n) is 15.1. The molecule has 26 heavy (non-hydrogen) atoms. The third-order valence-electron chi connectivity index (χ3n) is 3.98. The Morgan fingerprint density at radius 2 is 1.96 bits per heavy atom. The lowest BCUT2D eigenvalue weighted by atomic mass is 10.1. The zero-order valence-corrected chi connectivity index (χ0v) is 16.8. The minimum absolute atomic E-state index is 0. The van der Waals surface area contributed by atoms with Gasteiger partial charge in [-0.3, -0.25) is 4.79 Å². The standard InChI is InChI=1S/C16H25N3O5S.ClH/c1-16(2,11-17)18-15(20)12-4-5-13(23-3)14(10-12)25(21,22)19-6-8-24-9-7-19;/h4-5,10H,6-9,11,17H2,1-3H3,(H,18,20);1H. The molecule has 10 heteroatoms. The van der Waals surface area contributed by atoms with E-state index in [9.17, 15) is 13.2 Å². The Bertz CT molecular complexity index is 733. The van der Waals surface area contributed by atoms with Gasteiger partial charge in [-0.1, -0.05) is 0 Å². The summed E-state index contributed by atoms with van der Waals surface area (Å²) in [5.41, 5.74) is 5.26. The Balaban J connectivity index is 0.00000338. The number of rotatable bonds is 6. The van der Waals surface area contributed by atoms with E-state index < -0.39 is 21.5 Å². The normalized spacial score (nSPS) is 15.8. The minimum Gasteiger partial charge on any atom is -0.495 e. The molecule has 0 unspecified atom stereocenters. The Morgan fingerprint density at radius 3 is 2.50 bits per heavy atom. The lowest BCUT2D eigenvalue weighted by Crippen LogP contribution is -2.48. The van der Waals surface area contributed by atoms with Gasteiger partial charge in [0.05, 0.1) is 20.3 Å². The largest absolute Gasteiger partial charge is 0.495 e. The van der Waals surface area contributed by atoms with E-state index in [0.717, 1.165) is 0 Å². The predicted molar refractivity (Wildman–Crippen MR) is 100 cm³/mol. The average molecular weight is 408 g/mol. The van der Waals surface area contributed by atoms with Crippen molar-refractivity contribution >= 4 is 28.3 Å². The maximum atomic E-state index is 12.9. The van der Waals surface area contributed by atoms with Gasteiger partial charge in [0.2, 0.25) is 10.0 Å². The number of morpholine rings is 1. The highest BCUT2D eigenvalue weighted by Gasteiger charge is 2.30. The van der Waals surface area contributed by atoms with E-state index in [4.69, 9.17) is 15.2 Å². The number of ether oxygens (including phenoxy) is 2. The fraction of sp³-hybridized carbons (Fsp3) is 0.562. The van der Waals surface area contributed by atoms with E-state index in [1.165, 1.54) is 29.6 Å². The molecule has 0 spiro atoms. The Morgan fingerprint density at radius 1 is 1.35 bits per heavy atom. The lowest BCUT2D eigenvalue weighted by molar-refractivity contribution is 0.0729. The maximum absolute atomic E-state index is 12.9. The van der Waals surface area contributed by atoms with Crippen molar-refractivity contribution in [2.24, 2.45) is 5.73 Å². The smallest absolute Gasteiger partial charge is 0.251 e. The number of benzene rings is 1. The van der Waals surface area contributed by atoms with Gasteiger partial charge in [-0.05, 0) is 32.0 Å². The molecule has 1 aliphatic rings. The van der Waals surface area contributed by atoms with E-state index in [-0.39, 0.29) is 48.2 Å². The van der Waals surface area contributed by atoms with Gasteiger partial charge in [0, 0.05) is 30.7 Å². The van der Waals surface area contributed by atoms with Crippen LogP contribution in [-0.4, -0.2) is 64.1 Å². The molecule has 8 nitrogen and oxygen atoms in total. The minimum atomic E-state index is -3.79. The summed E-state index contributed by atoms with van der Waals surface area (Å²) in [7, 11) is -2.39. The van der Waals surface area contributed by atoms with Crippen molar-refractivity contribution in [2.45, 2.75) is 24.3 Å². The first kappa shape index (κ1) is 22.7. The fourth-order valence-corrected chi connectivity index (χ4v) is 3.97. The van der Waals surface area contributed by atoms with Gasteiger partial charge in [0.15, 0.2) is 0 Å². The van der Waals surface area contributed by atoms with Crippen LogP contribution in [0.15, 0.2) is 23.1 Å². The van der Waals surface area contributed by atoms with Crippen LogP contribution in [0.5, 0.6) is 5.75 Å². The molecular weight excluding hydrogens is 382 g/mol. The molecule has 0 aromatic heterocycles. The molecule has 1 amide bonds. The second-order valence-electron chi connectivity index (χ2n) is 6.42. The highest BCUT2D eigenvalue weighted by Crippen LogP contribution is 2.28. The van der Waals surface area contributed by atoms with Crippen LogP contribution in [0.3, 0.4) is 0 Å². The summed E-state index contributed by atoms with van der Waals surface area (Å²) in [4.78, 5) is 12.4. The maximum Gasteiger partial charge on any atom is 0.251 e. The average Bonchev–Trinajstić information content (AvgIpc) is 2.61. The van der Waals surface area contributed by atoms with E-state index in [2.05, 4.69) is 5.32 Å². The summed E-state index contributed by atoms with van der Waals surface area (Å²) in [5.74, 6) is -0.197. The molecule has 3 N–H and O–H groups in total. The molecule has 1 aromatic rings. The van der Waals surface area contributed by atoms with E-state index in [0.29, 0.717) is 13.2 Å². The summed E-state index contributed by atoms with van der Waals surface area (Å²) in [6.45, 7) is 5.05. The van der Waals surface area contributed by atoms with Gasteiger partial charge in [-0.15, -0.1) is 12.4 Å². The van der Waals surface area contributed by atoms with Crippen LogP contribution >= 0.6 is 12.4 Å². The number of nitrogens with two attached hydrogens (primary N) is 1. The van der Waals surface area contributed by atoms with Crippen LogP contribution in [-0.2, 0) is 14.8 Å². The Hall–Kier alpha value is -1.39. The number of halogens is 1. The molecule has 0 atom stereocenters. The molecule has 1 aromatic carbocycles. The lowest BCUT2D eigenvalue weighted by Gasteiger charge is -2.27. The van der Waals surface area contributed by atoms with Crippen molar-refractivity contribution in [3.05, 3.63) is 23.8 Å². The quantitative estimate of drug-likeness (QED) is 0.714. The van der Waals surface area contributed by atoms with Crippen LogP contribution < -0.4 is 15.8 Å². The molecule has 1 heterocycles. The number of nitrogens with zero attached hydrogens (tertiary/aromatic N) is 1. The first-order valence-corrected chi connectivity index (χ1v) is 9.44. The monoisotopic (exact) mass is 407 g/mol. The molecule has 1 saturated heterocycles. The Labute approximate surface area is 160 Å². The predicted octanol–water partition coefficient (Wildman–Crippen LogP) is 0.605. The summed E-state index contributed by atoms with van der Waals surface area (Å²) in [6.07, 6.45) is 0. The molecule has 0 bridgehead atoms. The van der Waals surface area contributed by atoms with E-state index in [1.807, 2.05) is 0 Å². The van der Waals surface area contributed by atoms with Crippen molar-refractivity contribution < 1.29 is 22.7 Å². The molecule has 0 saturated carbocycles. The highest BCUT2D eigenvalue weighted by molar-refractivity contribution is 7.89. The first-order chi connectivity index (χ1) is 11.7. The van der Waals surface area contributed by atoms with Crippen LogP contribution in [0.2, 0.25) is 0 Å². The van der Waals surface area contributed by atoms with Gasteiger partial charge in [-0.2, -0.15) is 4.31 Å². The molecule has 148 valence electrons. The van der Waals surface area contributed by atoms with Crippen LogP contribution in [0.4, 0.5) is 0 Å². The number of carbonyl (C=O) groups is 1. The summed E-state index contributed by atoms with van der Waals surface area (Å²) in [6, 6.07) is 4.35. The highest BCUT2D eigenvalue weighted by atomic mass is 35.5. The van der Waals surface area contributed by atoms with Crippen molar-refractivity contribution in [1.29, 1.82) is 0 Å². The Kier molecular flexibility index (Phi) is 7.85. The van der Waals surface area contributed by atoms with Gasteiger partial charge in [-0.25, -0.2) is 8.42 Å². The molecule has 0 radical (unpaired) electrons. The van der Waals surface area contributed by atoms with Gasteiger partial charge < -0.3 is 20.5 Å². The van der Waals surface area contributed by atoms with Gasteiger partial charge in [0.25, 0.3) is 5.91 Å². The number of nitrogens with one attached hydrogen (secondary N) is 1. The third-order valence-corrected chi connectivity index (χ3v) is 5.90. The van der Waals surface area contributed by atoms with E-state index >= 15 is 0 Å². The topological polar surface area (TPSA) is 111 Å². The van der Waals surface area contributed by atoms with Crippen molar-refractivity contribution in [3.8, 4) is 5.75 Å². The summed E-state index contributed by atoms with van der Waals surface area (Å²) in [5, 5.41) is 2.78. The van der Waals surface area contributed by atoms with Crippen LogP contribution in [0.1, 0.15) is 24.2 Å². The molecule has 0 aliphatic carbocycles. The number of sulfonamides is 1. The van der Waals surface area contributed by atoms with Crippen molar-refractivity contribution in [2.75, 3.05) is 40.0 Å². The van der Waals surface area contributed by atoms with Gasteiger partial charge >= 0.3 is 0 Å². The third kappa shape index (κ3) is 5.08. The van der Waals surface area contributed by atoms with Crippen LogP contribution in [0.25, 0.3) is 0 Å². The van der Waals surface area contributed by atoms with Crippen molar-refractivity contribution in [1.82, 2.24) is 9.62 Å². The van der Waals surface area contributed by atoms with Gasteiger partial charge in [0.1, 0.15) is 10.6 Å². The molecule has 1 fully saturated rings. The molecular formula is C16H26ClN3O5S. The van der Waals surface area contributed by atoms with E-state index in [1.54, 1.807) is 13.8 Å². The second-order valence-corrected chi connectivity index (χ2v) is 8.33. The summed E-state index contributed by atoms with van der Waals surface area (Å²) < 4.78 is 37.6. The van der Waals surface area contributed by atoms with Crippen molar-refractivity contribution in [3.63, 3.8) is 0 Å². The molecule has 2 rings (SSSR count). The number of hydrogen-bond acceptors (Lipinski definition) is 6. The number of methoxy groups -OCH3 is 1. The first-order valence-electron chi connectivity index (χ1n) is 8.00. The molecule has 1 aliphatic heterocycles. The summed E-state index contributed by atoms with van der Waals surface area (Å²) >= 11 is 0. The number of hydrogen-bond donors (Lipinski definition) is 2.